The van der Waals surface area contributed by atoms with Crippen LogP contribution in [0.25, 0.3) is 10.9 Å². The molecule has 2 unspecified atom stereocenters. The summed E-state index contributed by atoms with van der Waals surface area (Å²) in [6.07, 6.45) is 7.03. The van der Waals surface area contributed by atoms with Gasteiger partial charge in [0.25, 0.3) is 5.91 Å². The number of fused-ring (bicyclic) bond motifs is 3. The number of carbonyl (C=O) groups excluding carboxylic acids is 2. The monoisotopic (exact) mass is 459 g/mol. The second-order valence-corrected chi connectivity index (χ2v) is 9.64. The summed E-state index contributed by atoms with van der Waals surface area (Å²) < 4.78 is 6.20. The van der Waals surface area contributed by atoms with E-state index in [2.05, 4.69) is 20.2 Å². The van der Waals surface area contributed by atoms with Crippen molar-refractivity contribution in [1.82, 2.24) is 15.3 Å². The van der Waals surface area contributed by atoms with Gasteiger partial charge in [0.1, 0.15) is 11.6 Å². The number of benzene rings is 1. The summed E-state index contributed by atoms with van der Waals surface area (Å²) in [5.74, 6) is 0.893. The number of piperidine rings is 1. The van der Waals surface area contributed by atoms with Crippen molar-refractivity contribution in [1.29, 1.82) is 0 Å². The van der Waals surface area contributed by atoms with Crippen molar-refractivity contribution in [3.63, 3.8) is 0 Å². The van der Waals surface area contributed by atoms with Crippen LogP contribution >= 0.6 is 0 Å². The highest BCUT2D eigenvalue weighted by molar-refractivity contribution is 5.92. The van der Waals surface area contributed by atoms with Crippen LogP contribution in [0, 0.1) is 0 Å². The molecule has 8 heteroatoms. The fourth-order valence-corrected chi connectivity index (χ4v) is 5.19. The molecule has 4 heterocycles. The molecule has 5 rings (SSSR count). The fourth-order valence-electron chi connectivity index (χ4n) is 5.19. The van der Waals surface area contributed by atoms with E-state index in [1.807, 2.05) is 30.3 Å². The Hall–Kier alpha value is -3.68. The first-order valence-corrected chi connectivity index (χ1v) is 11.7. The van der Waals surface area contributed by atoms with Crippen molar-refractivity contribution >= 4 is 28.5 Å². The van der Waals surface area contributed by atoms with Crippen LogP contribution in [0.4, 0.5) is 5.82 Å². The molecule has 0 radical (unpaired) electrons. The third-order valence-corrected chi connectivity index (χ3v) is 6.89. The highest BCUT2D eigenvalue weighted by atomic mass is 16.5. The van der Waals surface area contributed by atoms with Gasteiger partial charge < -0.3 is 20.7 Å². The highest BCUT2D eigenvalue weighted by Gasteiger charge is 2.43. The van der Waals surface area contributed by atoms with Crippen LogP contribution in [0.15, 0.2) is 54.9 Å². The Morgan fingerprint density at radius 3 is 2.47 bits per heavy atom. The molecule has 2 aliphatic rings. The Morgan fingerprint density at radius 1 is 1.06 bits per heavy atom. The topological polar surface area (TPSA) is 110 Å². The number of ether oxygens (including phenoxy) is 1. The van der Waals surface area contributed by atoms with Crippen molar-refractivity contribution in [2.45, 2.75) is 63.3 Å². The molecule has 2 aromatic heterocycles. The van der Waals surface area contributed by atoms with Crippen molar-refractivity contribution < 1.29 is 14.3 Å². The van der Waals surface area contributed by atoms with Crippen molar-refractivity contribution in [2.75, 3.05) is 4.90 Å². The molecule has 0 saturated carbocycles. The van der Waals surface area contributed by atoms with Crippen LogP contribution in [0.5, 0.6) is 5.75 Å². The summed E-state index contributed by atoms with van der Waals surface area (Å²) in [5.41, 5.74) is 5.54. The molecule has 2 bridgehead atoms. The molecule has 176 valence electrons. The maximum Gasteiger partial charge on any atom is 0.263 e. The van der Waals surface area contributed by atoms with Crippen LogP contribution in [0.3, 0.4) is 0 Å². The van der Waals surface area contributed by atoms with Crippen molar-refractivity contribution in [3.05, 3.63) is 60.4 Å². The Balaban J connectivity index is 1.25. The second kappa shape index (κ2) is 8.59. The van der Waals surface area contributed by atoms with Crippen LogP contribution in [0.2, 0.25) is 0 Å². The largest absolute Gasteiger partial charge is 0.477 e. The van der Waals surface area contributed by atoms with Gasteiger partial charge in [-0.25, -0.2) is 4.98 Å². The Morgan fingerprint density at radius 2 is 1.79 bits per heavy atom. The Kier molecular flexibility index (Phi) is 5.59. The number of hydrogen-bond donors (Lipinski definition) is 2. The smallest absolute Gasteiger partial charge is 0.263 e. The zero-order chi connectivity index (χ0) is 23.9. The molecule has 34 heavy (non-hydrogen) atoms. The molecule has 2 saturated heterocycles. The summed E-state index contributed by atoms with van der Waals surface area (Å²) in [5, 5.41) is 4.12. The summed E-state index contributed by atoms with van der Waals surface area (Å²) in [7, 11) is 0. The van der Waals surface area contributed by atoms with Crippen molar-refractivity contribution in [3.8, 4) is 5.75 Å². The molecule has 1 aromatic carbocycles. The number of rotatable bonds is 6. The van der Waals surface area contributed by atoms with Gasteiger partial charge in [0.15, 0.2) is 5.60 Å². The molecule has 0 spiro atoms. The van der Waals surface area contributed by atoms with Gasteiger partial charge in [0.2, 0.25) is 5.91 Å². The Bertz CT molecular complexity index is 1210. The van der Waals surface area contributed by atoms with E-state index in [4.69, 9.17) is 10.5 Å². The lowest BCUT2D eigenvalue weighted by atomic mass is 9.96. The highest BCUT2D eigenvalue weighted by Crippen LogP contribution is 2.39. The van der Waals surface area contributed by atoms with Gasteiger partial charge >= 0.3 is 0 Å². The molecular formula is C26H29N5O3. The molecule has 8 nitrogen and oxygen atoms in total. The lowest BCUT2D eigenvalue weighted by Crippen LogP contribution is -2.55. The second-order valence-electron chi connectivity index (χ2n) is 9.64. The first-order chi connectivity index (χ1) is 16.3. The third-order valence-electron chi connectivity index (χ3n) is 6.89. The van der Waals surface area contributed by atoms with E-state index in [0.717, 1.165) is 42.4 Å². The number of primary amides is 1. The predicted octanol–water partition coefficient (Wildman–Crippen LogP) is 3.20. The van der Waals surface area contributed by atoms with Crippen LogP contribution < -0.4 is 20.7 Å². The van der Waals surface area contributed by atoms with E-state index in [1.54, 1.807) is 32.2 Å². The maximum atomic E-state index is 13.2. The number of nitrogens with two attached hydrogens (primary N) is 1. The van der Waals surface area contributed by atoms with Gasteiger partial charge in [-0.15, -0.1) is 0 Å². The van der Waals surface area contributed by atoms with Gasteiger partial charge in [0, 0.05) is 35.9 Å². The minimum absolute atomic E-state index is 0.0724. The summed E-state index contributed by atoms with van der Waals surface area (Å²) in [4.78, 5) is 35.8. The Labute approximate surface area is 198 Å². The number of nitrogens with one attached hydrogen (secondary N) is 1. The third kappa shape index (κ3) is 4.16. The first kappa shape index (κ1) is 22.1. The molecule has 2 amide bonds. The zero-order valence-corrected chi connectivity index (χ0v) is 19.4. The quantitative estimate of drug-likeness (QED) is 0.586. The van der Waals surface area contributed by atoms with Gasteiger partial charge in [-0.05, 0) is 69.9 Å². The fraction of sp³-hybridized carbons (Fsp3) is 0.385. The normalized spacial score (nSPS) is 21.9. The number of pyridine rings is 2. The first-order valence-electron chi connectivity index (χ1n) is 11.7. The molecule has 3 N–H and O–H groups in total. The van der Waals surface area contributed by atoms with E-state index >= 15 is 0 Å². The molecule has 2 aliphatic heterocycles. The van der Waals surface area contributed by atoms with E-state index in [9.17, 15) is 9.59 Å². The minimum atomic E-state index is -1.04. The molecule has 3 aromatic rings. The van der Waals surface area contributed by atoms with Gasteiger partial charge in [-0.2, -0.15) is 0 Å². The van der Waals surface area contributed by atoms with Crippen LogP contribution in [-0.4, -0.2) is 45.5 Å². The van der Waals surface area contributed by atoms with Gasteiger partial charge in [-0.1, -0.05) is 12.1 Å². The maximum absolute atomic E-state index is 13.2. The zero-order valence-electron chi connectivity index (χ0n) is 19.4. The number of anilines is 1. The molecular weight excluding hydrogens is 430 g/mol. The van der Waals surface area contributed by atoms with Crippen molar-refractivity contribution in [2.24, 2.45) is 5.73 Å². The number of nitrogens with zero attached hydrogens (tertiary/aromatic N) is 3. The number of amides is 2. The van der Waals surface area contributed by atoms with Gasteiger partial charge in [0.05, 0.1) is 11.1 Å². The van der Waals surface area contributed by atoms with Crippen LogP contribution in [-0.2, 0) is 4.79 Å². The average Bonchev–Trinajstić information content (AvgIpc) is 3.09. The van der Waals surface area contributed by atoms with E-state index < -0.39 is 11.5 Å². The van der Waals surface area contributed by atoms with E-state index in [1.165, 1.54) is 6.20 Å². The summed E-state index contributed by atoms with van der Waals surface area (Å²) >= 11 is 0. The molecule has 0 aliphatic carbocycles. The van der Waals surface area contributed by atoms with Crippen LogP contribution in [0.1, 0.15) is 49.9 Å². The SMILES string of the molecule is CC(C)(Oc1ccnc2ccccc12)C(=O)NC1CC2CCC(C1)N2c1ccc(C(N)=O)cn1. The number of para-hydroxylation sites is 1. The molecule has 2 atom stereocenters. The van der Waals surface area contributed by atoms with E-state index in [0.29, 0.717) is 23.4 Å². The number of aromatic nitrogens is 2. The summed E-state index contributed by atoms with van der Waals surface area (Å²) in [6.45, 7) is 3.59. The minimum Gasteiger partial charge on any atom is -0.477 e. The summed E-state index contributed by atoms with van der Waals surface area (Å²) in [6, 6.07) is 13.8. The number of carbonyl (C=O) groups is 2. The van der Waals surface area contributed by atoms with Gasteiger partial charge in [-0.3, -0.25) is 14.6 Å². The van der Waals surface area contributed by atoms with E-state index in [-0.39, 0.29) is 11.9 Å². The lowest BCUT2D eigenvalue weighted by molar-refractivity contribution is -0.135. The number of hydrogen-bond acceptors (Lipinski definition) is 6. The average molecular weight is 460 g/mol. The lowest BCUT2D eigenvalue weighted by Gasteiger charge is -2.40. The standard InChI is InChI=1S/C26H29N5O3/c1-26(2,34-22-11-12-28-21-6-4-3-5-20(21)22)25(33)30-17-13-18-8-9-19(14-17)31(18)23-10-7-16(15-29-23)24(27)32/h3-7,10-12,15,17-19H,8-9,13-14H2,1-2H3,(H2,27,32)(H,30,33). The molecule has 2 fully saturated rings. The predicted molar refractivity (Wildman–Crippen MR) is 130 cm³/mol.